The Hall–Kier alpha value is -3.53. The van der Waals surface area contributed by atoms with Crippen molar-refractivity contribution in [1.29, 1.82) is 0 Å². The van der Waals surface area contributed by atoms with Crippen LogP contribution >= 0.6 is 0 Å². The van der Waals surface area contributed by atoms with Crippen LogP contribution in [0.3, 0.4) is 0 Å². The number of nitrogens with zero attached hydrogens (tertiary/aromatic N) is 3. The summed E-state index contributed by atoms with van der Waals surface area (Å²) < 4.78 is 40.5. The third-order valence-corrected chi connectivity index (χ3v) is 6.79. The molecule has 0 saturated carbocycles. The SMILES string of the molecule is COC(=O)[C@](C)(CCN1CCCC1)NC(=O)c1cc2c(cnn2CC(C)C)cc1Oc1ccc(F)cc1F. The van der Waals surface area contributed by atoms with Crippen molar-refractivity contribution < 1.29 is 27.8 Å². The molecule has 1 aliphatic rings. The van der Waals surface area contributed by atoms with Gasteiger partial charge in [-0.05, 0) is 69.5 Å². The number of likely N-dealkylation sites (tertiary alicyclic amines) is 1. The van der Waals surface area contributed by atoms with Crippen LogP contribution in [0.2, 0.25) is 0 Å². The summed E-state index contributed by atoms with van der Waals surface area (Å²) in [7, 11) is 1.28. The number of hydrogen-bond donors (Lipinski definition) is 1. The number of carbonyl (C=O) groups is 2. The lowest BCUT2D eigenvalue weighted by atomic mass is 9.96. The average molecular weight is 529 g/mol. The van der Waals surface area contributed by atoms with Crippen molar-refractivity contribution in [1.82, 2.24) is 20.0 Å². The number of ether oxygens (including phenoxy) is 2. The molecule has 3 aromatic rings. The van der Waals surface area contributed by atoms with Crippen molar-refractivity contribution in [3.8, 4) is 11.5 Å². The average Bonchev–Trinajstić information content (AvgIpc) is 3.53. The molecule has 1 aliphatic heterocycles. The molecule has 0 radical (unpaired) electrons. The van der Waals surface area contributed by atoms with E-state index >= 15 is 0 Å². The minimum absolute atomic E-state index is 0.0522. The van der Waals surface area contributed by atoms with Gasteiger partial charge in [-0.1, -0.05) is 13.8 Å². The largest absolute Gasteiger partial charge is 0.467 e. The lowest BCUT2D eigenvalue weighted by molar-refractivity contribution is -0.147. The van der Waals surface area contributed by atoms with Gasteiger partial charge in [0.1, 0.15) is 17.1 Å². The molecule has 10 heteroatoms. The van der Waals surface area contributed by atoms with E-state index in [9.17, 15) is 18.4 Å². The van der Waals surface area contributed by atoms with Crippen molar-refractivity contribution in [2.45, 2.75) is 52.1 Å². The number of halogens is 2. The first-order chi connectivity index (χ1) is 18.1. The Bertz CT molecular complexity index is 1320. The summed E-state index contributed by atoms with van der Waals surface area (Å²) in [6.45, 7) is 8.87. The van der Waals surface area contributed by atoms with Crippen LogP contribution in [0, 0.1) is 17.6 Å². The van der Waals surface area contributed by atoms with Crippen LogP contribution in [0.5, 0.6) is 11.5 Å². The summed E-state index contributed by atoms with van der Waals surface area (Å²) >= 11 is 0. The Labute approximate surface area is 220 Å². The lowest BCUT2D eigenvalue weighted by Gasteiger charge is -2.30. The molecule has 1 fully saturated rings. The molecule has 1 saturated heterocycles. The van der Waals surface area contributed by atoms with Gasteiger partial charge in [-0.15, -0.1) is 0 Å². The van der Waals surface area contributed by atoms with E-state index in [4.69, 9.17) is 9.47 Å². The van der Waals surface area contributed by atoms with Gasteiger partial charge < -0.3 is 19.7 Å². The van der Waals surface area contributed by atoms with Gasteiger partial charge in [0, 0.05) is 24.5 Å². The zero-order valence-electron chi connectivity index (χ0n) is 22.2. The number of rotatable bonds is 10. The number of hydrogen-bond acceptors (Lipinski definition) is 6. The highest BCUT2D eigenvalue weighted by Crippen LogP contribution is 2.33. The molecular weight excluding hydrogens is 494 g/mol. The van der Waals surface area contributed by atoms with Crippen LogP contribution in [-0.2, 0) is 16.1 Å². The van der Waals surface area contributed by atoms with Crippen molar-refractivity contribution in [2.24, 2.45) is 5.92 Å². The minimum Gasteiger partial charge on any atom is -0.467 e. The van der Waals surface area contributed by atoms with Crippen LogP contribution in [0.15, 0.2) is 36.5 Å². The standard InChI is InChI=1S/C28H34F2N4O4/c1-18(2)17-34-23-15-21(25(13-19(23)16-31-34)38-24-8-7-20(29)14-22(24)30)26(35)32-28(3,27(36)37-4)9-12-33-10-5-6-11-33/h7-8,13-16,18H,5-6,9-12,17H2,1-4H3,(H,32,35)/t28-/m0/s1. The van der Waals surface area contributed by atoms with E-state index in [0.29, 0.717) is 42.4 Å². The van der Waals surface area contributed by atoms with E-state index in [0.717, 1.165) is 38.1 Å². The summed E-state index contributed by atoms with van der Waals surface area (Å²) in [5, 5.41) is 7.96. The maximum atomic E-state index is 14.5. The number of amides is 1. The first kappa shape index (κ1) is 27.5. The molecule has 0 aliphatic carbocycles. The van der Waals surface area contributed by atoms with Gasteiger partial charge >= 0.3 is 5.97 Å². The second-order valence-electron chi connectivity index (χ2n) is 10.4. The first-order valence-electron chi connectivity index (χ1n) is 12.9. The van der Waals surface area contributed by atoms with Crippen molar-refractivity contribution in [3.63, 3.8) is 0 Å². The fraction of sp³-hybridized carbons (Fsp3) is 0.464. The van der Waals surface area contributed by atoms with E-state index < -0.39 is 29.0 Å². The first-order valence-corrected chi connectivity index (χ1v) is 12.9. The van der Waals surface area contributed by atoms with Crippen LogP contribution in [0.25, 0.3) is 10.9 Å². The topological polar surface area (TPSA) is 85.7 Å². The van der Waals surface area contributed by atoms with Gasteiger partial charge in [0.2, 0.25) is 0 Å². The molecule has 0 unspecified atom stereocenters. The van der Waals surface area contributed by atoms with Crippen molar-refractivity contribution in [2.75, 3.05) is 26.7 Å². The summed E-state index contributed by atoms with van der Waals surface area (Å²) in [5.41, 5.74) is -0.532. The molecule has 38 heavy (non-hydrogen) atoms. The van der Waals surface area contributed by atoms with Gasteiger partial charge in [0.15, 0.2) is 11.6 Å². The zero-order chi connectivity index (χ0) is 27.4. The normalized spacial score (nSPS) is 15.6. The van der Waals surface area contributed by atoms with E-state index in [2.05, 4.69) is 29.2 Å². The smallest absolute Gasteiger partial charge is 0.331 e. The Morgan fingerprint density at radius 1 is 1.13 bits per heavy atom. The molecule has 0 bridgehead atoms. The van der Waals surface area contributed by atoms with Crippen LogP contribution in [-0.4, -0.2) is 58.8 Å². The molecule has 2 heterocycles. The maximum absolute atomic E-state index is 14.5. The molecule has 1 amide bonds. The predicted molar refractivity (Wildman–Crippen MR) is 139 cm³/mol. The molecule has 1 aromatic heterocycles. The molecule has 1 N–H and O–H groups in total. The zero-order valence-corrected chi connectivity index (χ0v) is 22.2. The Kier molecular flexibility index (Phi) is 8.30. The van der Waals surface area contributed by atoms with E-state index in [1.165, 1.54) is 7.11 Å². The van der Waals surface area contributed by atoms with Crippen LogP contribution in [0.1, 0.15) is 50.4 Å². The number of esters is 1. The molecule has 8 nitrogen and oxygen atoms in total. The monoisotopic (exact) mass is 528 g/mol. The fourth-order valence-electron chi connectivity index (χ4n) is 4.68. The van der Waals surface area contributed by atoms with Crippen LogP contribution < -0.4 is 10.1 Å². The minimum atomic E-state index is -1.31. The highest BCUT2D eigenvalue weighted by molar-refractivity contribution is 6.03. The highest BCUT2D eigenvalue weighted by Gasteiger charge is 2.37. The van der Waals surface area contributed by atoms with Crippen molar-refractivity contribution in [3.05, 3.63) is 53.7 Å². The van der Waals surface area contributed by atoms with Gasteiger partial charge in [-0.3, -0.25) is 9.48 Å². The summed E-state index contributed by atoms with van der Waals surface area (Å²) in [4.78, 5) is 28.8. The summed E-state index contributed by atoms with van der Waals surface area (Å²) in [6, 6.07) is 6.16. The Morgan fingerprint density at radius 2 is 1.87 bits per heavy atom. The van der Waals surface area contributed by atoms with E-state index in [1.807, 2.05) is 0 Å². The summed E-state index contributed by atoms with van der Waals surface area (Å²) in [5.74, 6) is -2.69. The molecule has 4 rings (SSSR count). The van der Waals surface area contributed by atoms with Crippen molar-refractivity contribution >= 4 is 22.8 Å². The predicted octanol–water partition coefficient (Wildman–Crippen LogP) is 4.91. The van der Waals surface area contributed by atoms with Gasteiger partial charge in [0.05, 0.1) is 24.4 Å². The molecule has 1 atom stereocenters. The van der Waals surface area contributed by atoms with E-state index in [1.54, 1.807) is 29.9 Å². The highest BCUT2D eigenvalue weighted by atomic mass is 19.1. The van der Waals surface area contributed by atoms with Gasteiger partial charge in [0.25, 0.3) is 5.91 Å². The number of fused-ring (bicyclic) bond motifs is 1. The number of nitrogens with one attached hydrogen (secondary N) is 1. The fourth-order valence-corrected chi connectivity index (χ4v) is 4.68. The lowest BCUT2D eigenvalue weighted by Crippen LogP contribution is -2.54. The molecule has 2 aromatic carbocycles. The number of methoxy groups -OCH3 is 1. The Morgan fingerprint density at radius 3 is 2.53 bits per heavy atom. The third-order valence-electron chi connectivity index (χ3n) is 6.79. The van der Waals surface area contributed by atoms with Gasteiger partial charge in [-0.25, -0.2) is 13.6 Å². The molecule has 204 valence electrons. The second kappa shape index (κ2) is 11.5. The maximum Gasteiger partial charge on any atom is 0.331 e. The van der Waals surface area contributed by atoms with E-state index in [-0.39, 0.29) is 17.1 Å². The van der Waals surface area contributed by atoms with Gasteiger partial charge in [-0.2, -0.15) is 5.10 Å². The number of carbonyl (C=O) groups excluding carboxylic acids is 2. The number of aromatic nitrogens is 2. The molecule has 0 spiro atoms. The second-order valence-corrected chi connectivity index (χ2v) is 10.4. The number of benzene rings is 2. The van der Waals surface area contributed by atoms with Crippen LogP contribution in [0.4, 0.5) is 8.78 Å². The Balaban J connectivity index is 1.71. The summed E-state index contributed by atoms with van der Waals surface area (Å²) in [6.07, 6.45) is 4.20. The third kappa shape index (κ3) is 6.12. The molecular formula is C28H34F2N4O4. The quantitative estimate of drug-likeness (QED) is 0.377.